The van der Waals surface area contributed by atoms with Crippen molar-refractivity contribution in [2.75, 3.05) is 18.6 Å². The van der Waals surface area contributed by atoms with Gasteiger partial charge in [-0.3, -0.25) is 4.79 Å². The van der Waals surface area contributed by atoms with E-state index in [1.807, 2.05) is 43.3 Å². The predicted molar refractivity (Wildman–Crippen MR) is 107 cm³/mol. The van der Waals surface area contributed by atoms with Crippen LogP contribution in [0.1, 0.15) is 38.2 Å². The Labute approximate surface area is 161 Å². The maximum absolute atomic E-state index is 12.4. The molecule has 4 nitrogen and oxygen atoms in total. The summed E-state index contributed by atoms with van der Waals surface area (Å²) in [5, 5.41) is 9.32. The Bertz CT molecular complexity index is 823. The summed E-state index contributed by atoms with van der Waals surface area (Å²) < 4.78 is 5.30. The second kappa shape index (κ2) is 8.73. The number of hydrogen-bond donors (Lipinski definition) is 0. The molecule has 2 atom stereocenters. The van der Waals surface area contributed by atoms with Gasteiger partial charge in [0.1, 0.15) is 0 Å². The first kappa shape index (κ1) is 19.0. The van der Waals surface area contributed by atoms with E-state index in [0.717, 1.165) is 42.5 Å². The van der Waals surface area contributed by atoms with E-state index in [9.17, 15) is 10.1 Å². The smallest absolute Gasteiger partial charge is 0.311 e. The van der Waals surface area contributed by atoms with Crippen LogP contribution in [0.25, 0.3) is 11.1 Å². The molecule has 0 amide bonds. The van der Waals surface area contributed by atoms with Gasteiger partial charge in [0.05, 0.1) is 24.2 Å². The van der Waals surface area contributed by atoms with Gasteiger partial charge in [0.15, 0.2) is 0 Å². The lowest BCUT2D eigenvalue weighted by molar-refractivity contribution is -0.149. The molecule has 0 aliphatic heterocycles. The van der Waals surface area contributed by atoms with E-state index in [0.29, 0.717) is 12.2 Å². The molecule has 0 heterocycles. The summed E-state index contributed by atoms with van der Waals surface area (Å²) in [6.07, 6.45) is 4.11. The van der Waals surface area contributed by atoms with Gasteiger partial charge in [-0.1, -0.05) is 43.2 Å². The number of rotatable bonds is 5. The van der Waals surface area contributed by atoms with Gasteiger partial charge >= 0.3 is 5.97 Å². The second-order valence-electron chi connectivity index (χ2n) is 7.03. The third-order valence-electron chi connectivity index (χ3n) is 5.45. The van der Waals surface area contributed by atoms with Gasteiger partial charge < -0.3 is 9.64 Å². The van der Waals surface area contributed by atoms with E-state index >= 15 is 0 Å². The predicted octanol–water partition coefficient (Wildman–Crippen LogP) is 4.78. The van der Waals surface area contributed by atoms with Crippen LogP contribution in [0.5, 0.6) is 0 Å². The van der Waals surface area contributed by atoms with Crippen molar-refractivity contribution in [2.45, 2.75) is 38.6 Å². The van der Waals surface area contributed by atoms with Crippen LogP contribution in [0.2, 0.25) is 0 Å². The summed E-state index contributed by atoms with van der Waals surface area (Å²) in [6, 6.07) is 18.3. The zero-order chi connectivity index (χ0) is 19.2. The first-order valence-electron chi connectivity index (χ1n) is 9.64. The Morgan fingerprint density at radius 2 is 1.85 bits per heavy atom. The molecule has 0 N–H and O–H groups in total. The van der Waals surface area contributed by atoms with Crippen molar-refractivity contribution >= 4 is 11.7 Å². The molecule has 4 heteroatoms. The summed E-state index contributed by atoms with van der Waals surface area (Å²) in [4.78, 5) is 14.6. The third kappa shape index (κ3) is 4.14. The van der Waals surface area contributed by atoms with E-state index in [1.54, 1.807) is 0 Å². The van der Waals surface area contributed by atoms with Crippen LogP contribution in [0.15, 0.2) is 48.5 Å². The Hall–Kier alpha value is -2.80. The van der Waals surface area contributed by atoms with Gasteiger partial charge in [0, 0.05) is 18.8 Å². The zero-order valence-corrected chi connectivity index (χ0v) is 16.0. The largest absolute Gasteiger partial charge is 0.466 e. The van der Waals surface area contributed by atoms with Crippen molar-refractivity contribution in [3.63, 3.8) is 0 Å². The molecule has 2 aromatic rings. The lowest BCUT2D eigenvalue weighted by Gasteiger charge is -2.38. The van der Waals surface area contributed by atoms with E-state index in [2.05, 4.69) is 30.1 Å². The number of nitrogens with zero attached hydrogens (tertiary/aromatic N) is 2. The Morgan fingerprint density at radius 3 is 2.56 bits per heavy atom. The van der Waals surface area contributed by atoms with Crippen LogP contribution >= 0.6 is 0 Å². The molecule has 1 fully saturated rings. The van der Waals surface area contributed by atoms with Crippen LogP contribution in [0, 0.1) is 17.2 Å². The maximum atomic E-state index is 12.4. The lowest BCUT2D eigenvalue weighted by atomic mass is 9.83. The van der Waals surface area contributed by atoms with Crippen molar-refractivity contribution < 1.29 is 9.53 Å². The fraction of sp³-hybridized carbons (Fsp3) is 0.391. The molecule has 1 saturated carbocycles. The van der Waals surface area contributed by atoms with Crippen LogP contribution in [-0.4, -0.2) is 25.7 Å². The minimum absolute atomic E-state index is 0.0670. The van der Waals surface area contributed by atoms with Crippen molar-refractivity contribution in [1.29, 1.82) is 5.26 Å². The highest BCUT2D eigenvalue weighted by atomic mass is 16.5. The summed E-state index contributed by atoms with van der Waals surface area (Å²) in [6.45, 7) is 2.29. The number of nitriles is 1. The fourth-order valence-corrected chi connectivity index (χ4v) is 4.00. The van der Waals surface area contributed by atoms with Crippen molar-refractivity contribution in [3.05, 3.63) is 54.1 Å². The van der Waals surface area contributed by atoms with Crippen LogP contribution in [0.4, 0.5) is 5.69 Å². The topological polar surface area (TPSA) is 53.3 Å². The van der Waals surface area contributed by atoms with Gasteiger partial charge in [-0.15, -0.1) is 0 Å². The van der Waals surface area contributed by atoms with Crippen LogP contribution in [-0.2, 0) is 9.53 Å². The molecule has 0 bridgehead atoms. The zero-order valence-electron chi connectivity index (χ0n) is 16.0. The minimum Gasteiger partial charge on any atom is -0.466 e. The van der Waals surface area contributed by atoms with Gasteiger partial charge in [0.2, 0.25) is 0 Å². The van der Waals surface area contributed by atoms with E-state index < -0.39 is 0 Å². The van der Waals surface area contributed by atoms with Gasteiger partial charge in [-0.25, -0.2) is 0 Å². The first-order valence-corrected chi connectivity index (χ1v) is 9.64. The highest BCUT2D eigenvalue weighted by Gasteiger charge is 2.34. The molecule has 0 spiro atoms. The number of carbonyl (C=O) groups is 1. The first-order chi connectivity index (χ1) is 13.2. The monoisotopic (exact) mass is 362 g/mol. The highest BCUT2D eigenvalue weighted by Crippen LogP contribution is 2.33. The summed E-state index contributed by atoms with van der Waals surface area (Å²) in [7, 11) is 2.06. The quantitative estimate of drug-likeness (QED) is 0.718. The third-order valence-corrected chi connectivity index (χ3v) is 5.45. The van der Waals surface area contributed by atoms with Crippen LogP contribution in [0.3, 0.4) is 0 Å². The molecule has 0 saturated heterocycles. The Balaban J connectivity index is 1.81. The lowest BCUT2D eigenvalue weighted by Crippen LogP contribution is -2.44. The van der Waals surface area contributed by atoms with E-state index in [1.165, 1.54) is 0 Å². The summed E-state index contributed by atoms with van der Waals surface area (Å²) in [5.74, 6) is -0.142. The Kier molecular flexibility index (Phi) is 6.13. The number of carbonyl (C=O) groups excluding carboxylic acids is 1. The molecule has 0 aromatic heterocycles. The fourth-order valence-electron chi connectivity index (χ4n) is 4.00. The molecule has 27 heavy (non-hydrogen) atoms. The molecule has 2 aromatic carbocycles. The van der Waals surface area contributed by atoms with Crippen molar-refractivity contribution in [3.8, 4) is 17.2 Å². The number of hydrogen-bond acceptors (Lipinski definition) is 4. The number of ether oxygens (including phenoxy) is 1. The minimum atomic E-state index is -0.0754. The van der Waals surface area contributed by atoms with E-state index in [-0.39, 0.29) is 17.9 Å². The second-order valence-corrected chi connectivity index (χ2v) is 7.03. The Morgan fingerprint density at radius 1 is 1.15 bits per heavy atom. The number of esters is 1. The highest BCUT2D eigenvalue weighted by molar-refractivity contribution is 5.75. The average molecular weight is 362 g/mol. The maximum Gasteiger partial charge on any atom is 0.311 e. The SMILES string of the molecule is CCOC(=O)[C@@H]1CCCC[C@@H]1N(C)c1ccc(-c2ccccc2C#N)cc1. The van der Waals surface area contributed by atoms with Gasteiger partial charge in [-0.05, 0) is 49.1 Å². The molecular weight excluding hydrogens is 336 g/mol. The van der Waals surface area contributed by atoms with Gasteiger partial charge in [-0.2, -0.15) is 5.26 Å². The van der Waals surface area contributed by atoms with Crippen LogP contribution < -0.4 is 4.90 Å². The molecule has 140 valence electrons. The summed E-state index contributed by atoms with van der Waals surface area (Å²) in [5.41, 5.74) is 3.72. The standard InChI is InChI=1S/C23H26N2O2/c1-3-27-23(26)21-10-6-7-11-22(21)25(2)19-14-12-17(13-15-19)20-9-5-4-8-18(20)16-24/h4-5,8-9,12-15,21-22H,3,6-7,10-11H2,1-2H3/t21-,22+/m1/s1. The molecule has 0 radical (unpaired) electrons. The van der Waals surface area contributed by atoms with Crippen molar-refractivity contribution in [1.82, 2.24) is 0 Å². The molecular formula is C23H26N2O2. The normalized spacial score (nSPS) is 19.1. The van der Waals surface area contributed by atoms with Crippen molar-refractivity contribution in [2.24, 2.45) is 5.92 Å². The molecule has 3 rings (SSSR count). The number of benzene rings is 2. The number of anilines is 1. The molecule has 1 aliphatic rings. The molecule has 0 unspecified atom stereocenters. The van der Waals surface area contributed by atoms with E-state index in [4.69, 9.17) is 4.74 Å². The molecule has 1 aliphatic carbocycles. The average Bonchev–Trinajstić information content (AvgIpc) is 2.73. The van der Waals surface area contributed by atoms with Gasteiger partial charge in [0.25, 0.3) is 0 Å². The summed E-state index contributed by atoms with van der Waals surface area (Å²) >= 11 is 0.